The van der Waals surface area contributed by atoms with E-state index in [0.29, 0.717) is 28.1 Å². The Labute approximate surface area is 171 Å². The highest BCUT2D eigenvalue weighted by atomic mass is 32.2. The first-order chi connectivity index (χ1) is 14.3. The molecule has 152 valence electrons. The van der Waals surface area contributed by atoms with Crippen molar-refractivity contribution in [2.45, 2.75) is 18.2 Å². The number of hydrogen-bond donors (Lipinski definition) is 2. The first-order valence-corrected chi connectivity index (χ1v) is 10.6. The van der Waals surface area contributed by atoms with Crippen LogP contribution in [0.2, 0.25) is 0 Å². The van der Waals surface area contributed by atoms with E-state index in [4.69, 9.17) is 11.0 Å². The molecule has 0 spiro atoms. The number of halogens is 1. The second-order valence-corrected chi connectivity index (χ2v) is 9.19. The van der Waals surface area contributed by atoms with Crippen LogP contribution in [0, 0.1) is 17.1 Å². The molecular weight excluding hydrogens is 409 g/mol. The highest BCUT2D eigenvalue weighted by Gasteiger charge is 2.34. The molecular formula is C19H16FN7O2S. The van der Waals surface area contributed by atoms with Crippen LogP contribution >= 0.6 is 0 Å². The van der Waals surface area contributed by atoms with Crippen LogP contribution in [0.1, 0.15) is 24.1 Å². The van der Waals surface area contributed by atoms with E-state index in [1.807, 2.05) is 6.07 Å². The standard InChI is InChI=1S/C19H16FN7O2S/c1-10-18(22)27-16(8-30(10,28)29)13-5-12(2-3-14(13)20)26-19-17-15(24-9-25-19)4-11(6-21)7-23-17/h2-5,7,9-10,16H,8H2,1H3,(H2,22,27)(H,24,25,26). The molecule has 2 aromatic heterocycles. The normalized spacial score (nSPS) is 20.4. The molecule has 3 N–H and O–H groups in total. The third kappa shape index (κ3) is 3.53. The topological polar surface area (TPSA) is 147 Å². The van der Waals surface area contributed by atoms with Crippen LogP contribution in [0.5, 0.6) is 0 Å². The lowest BCUT2D eigenvalue weighted by molar-refractivity contribution is 0.567. The number of anilines is 2. The smallest absolute Gasteiger partial charge is 0.162 e. The van der Waals surface area contributed by atoms with Crippen molar-refractivity contribution < 1.29 is 12.8 Å². The lowest BCUT2D eigenvalue weighted by Crippen LogP contribution is -2.40. The number of nitrogens with zero attached hydrogens (tertiary/aromatic N) is 5. The number of aliphatic imine (C=N–C) groups is 1. The van der Waals surface area contributed by atoms with E-state index in [9.17, 15) is 12.8 Å². The van der Waals surface area contributed by atoms with Crippen molar-refractivity contribution in [1.29, 1.82) is 5.26 Å². The highest BCUT2D eigenvalue weighted by Crippen LogP contribution is 2.31. The summed E-state index contributed by atoms with van der Waals surface area (Å²) in [6.07, 6.45) is 2.72. The van der Waals surface area contributed by atoms with Crippen molar-refractivity contribution >= 4 is 38.2 Å². The molecule has 2 atom stereocenters. The van der Waals surface area contributed by atoms with Gasteiger partial charge in [0, 0.05) is 17.4 Å². The van der Waals surface area contributed by atoms with Gasteiger partial charge in [-0.25, -0.2) is 27.8 Å². The van der Waals surface area contributed by atoms with Crippen LogP contribution in [-0.4, -0.2) is 40.2 Å². The van der Waals surface area contributed by atoms with Crippen LogP contribution in [0.15, 0.2) is 41.8 Å². The Kier molecular flexibility index (Phi) is 4.79. The Balaban J connectivity index is 1.72. The number of aromatic nitrogens is 3. The summed E-state index contributed by atoms with van der Waals surface area (Å²) in [5.41, 5.74) is 7.59. The summed E-state index contributed by atoms with van der Waals surface area (Å²) in [5, 5.41) is 11.2. The quantitative estimate of drug-likeness (QED) is 0.647. The van der Waals surface area contributed by atoms with E-state index in [-0.39, 0.29) is 17.2 Å². The fourth-order valence-corrected chi connectivity index (χ4v) is 4.55. The summed E-state index contributed by atoms with van der Waals surface area (Å²) in [5.74, 6) is -0.598. The van der Waals surface area contributed by atoms with E-state index in [1.165, 1.54) is 37.6 Å². The number of amidine groups is 1. The Hall–Kier alpha value is -3.65. The van der Waals surface area contributed by atoms with Gasteiger partial charge in [-0.1, -0.05) is 0 Å². The number of rotatable bonds is 3. The number of nitrogens with one attached hydrogen (secondary N) is 1. The minimum absolute atomic E-state index is 0.0386. The van der Waals surface area contributed by atoms with Gasteiger partial charge in [-0.3, -0.25) is 4.99 Å². The van der Waals surface area contributed by atoms with Crippen LogP contribution in [0.3, 0.4) is 0 Å². The molecule has 0 aliphatic carbocycles. The fraction of sp³-hybridized carbons (Fsp3) is 0.211. The van der Waals surface area contributed by atoms with Gasteiger partial charge in [-0.2, -0.15) is 5.26 Å². The zero-order valence-electron chi connectivity index (χ0n) is 15.7. The second-order valence-electron chi connectivity index (χ2n) is 6.83. The van der Waals surface area contributed by atoms with Gasteiger partial charge in [0.05, 0.1) is 22.9 Å². The molecule has 2 unspecified atom stereocenters. The van der Waals surface area contributed by atoms with E-state index < -0.39 is 26.9 Å². The zero-order chi connectivity index (χ0) is 21.5. The number of pyridine rings is 1. The minimum atomic E-state index is -3.53. The first-order valence-electron chi connectivity index (χ1n) is 8.90. The molecule has 30 heavy (non-hydrogen) atoms. The largest absolute Gasteiger partial charge is 0.386 e. The maximum absolute atomic E-state index is 14.5. The van der Waals surface area contributed by atoms with Gasteiger partial charge in [0.2, 0.25) is 0 Å². The van der Waals surface area contributed by atoms with Crippen molar-refractivity contribution in [2.75, 3.05) is 11.1 Å². The van der Waals surface area contributed by atoms with Crippen molar-refractivity contribution in [3.63, 3.8) is 0 Å². The maximum atomic E-state index is 14.5. The molecule has 0 fully saturated rings. The van der Waals surface area contributed by atoms with Gasteiger partial charge in [0.1, 0.15) is 34.8 Å². The Morgan fingerprint density at radius 1 is 1.27 bits per heavy atom. The van der Waals surface area contributed by atoms with Gasteiger partial charge in [0.25, 0.3) is 0 Å². The first kappa shape index (κ1) is 19.7. The minimum Gasteiger partial charge on any atom is -0.386 e. The second kappa shape index (κ2) is 7.31. The summed E-state index contributed by atoms with van der Waals surface area (Å²) >= 11 is 0. The summed E-state index contributed by atoms with van der Waals surface area (Å²) in [7, 11) is -3.53. The molecule has 0 amide bonds. The van der Waals surface area contributed by atoms with Crippen LogP contribution < -0.4 is 11.1 Å². The van der Waals surface area contributed by atoms with Gasteiger partial charge in [-0.15, -0.1) is 0 Å². The predicted octanol–water partition coefficient (Wildman–Crippen LogP) is 1.99. The molecule has 1 aromatic carbocycles. The Morgan fingerprint density at radius 3 is 2.80 bits per heavy atom. The molecule has 3 heterocycles. The maximum Gasteiger partial charge on any atom is 0.162 e. The Bertz CT molecular complexity index is 1330. The van der Waals surface area contributed by atoms with Crippen molar-refractivity contribution in [3.8, 4) is 6.07 Å². The lowest BCUT2D eigenvalue weighted by atomic mass is 10.1. The van der Waals surface area contributed by atoms with Crippen molar-refractivity contribution in [3.05, 3.63) is 53.7 Å². The van der Waals surface area contributed by atoms with Gasteiger partial charge >= 0.3 is 0 Å². The fourth-order valence-electron chi connectivity index (χ4n) is 3.14. The molecule has 11 heteroatoms. The summed E-state index contributed by atoms with van der Waals surface area (Å²) in [4.78, 5) is 16.7. The number of hydrogen-bond acceptors (Lipinski definition) is 9. The van der Waals surface area contributed by atoms with E-state index in [0.717, 1.165) is 0 Å². The monoisotopic (exact) mass is 425 g/mol. The number of sulfone groups is 1. The average molecular weight is 425 g/mol. The number of nitrogens with two attached hydrogens (primary N) is 1. The SMILES string of the molecule is CC1C(N)=NC(c2cc(Nc3ncnc4cc(C#N)cnc34)ccc2F)CS1(=O)=O. The molecule has 0 saturated heterocycles. The van der Waals surface area contributed by atoms with Crippen LogP contribution in [0.4, 0.5) is 15.9 Å². The molecule has 9 nitrogen and oxygen atoms in total. The summed E-state index contributed by atoms with van der Waals surface area (Å²) in [6, 6.07) is 6.82. The molecule has 3 aromatic rings. The van der Waals surface area contributed by atoms with Gasteiger partial charge in [-0.05, 0) is 31.2 Å². The molecule has 1 aliphatic heterocycles. The lowest BCUT2D eigenvalue weighted by Gasteiger charge is -2.24. The number of fused-ring (bicyclic) bond motifs is 1. The zero-order valence-corrected chi connectivity index (χ0v) is 16.6. The molecule has 0 saturated carbocycles. The average Bonchev–Trinajstić information content (AvgIpc) is 2.72. The van der Waals surface area contributed by atoms with Gasteiger partial charge < -0.3 is 11.1 Å². The van der Waals surface area contributed by atoms with Crippen molar-refractivity contribution in [2.24, 2.45) is 10.7 Å². The Morgan fingerprint density at radius 2 is 2.07 bits per heavy atom. The number of nitriles is 1. The van der Waals surface area contributed by atoms with Crippen LogP contribution in [-0.2, 0) is 9.84 Å². The van der Waals surface area contributed by atoms with E-state index in [2.05, 4.69) is 25.3 Å². The third-order valence-electron chi connectivity index (χ3n) is 4.87. The molecule has 1 aliphatic rings. The summed E-state index contributed by atoms with van der Waals surface area (Å²) in [6.45, 7) is 1.46. The summed E-state index contributed by atoms with van der Waals surface area (Å²) < 4.78 is 39.1. The van der Waals surface area contributed by atoms with Crippen LogP contribution in [0.25, 0.3) is 11.0 Å². The number of benzene rings is 1. The molecule has 0 bridgehead atoms. The van der Waals surface area contributed by atoms with E-state index >= 15 is 0 Å². The van der Waals surface area contributed by atoms with E-state index in [1.54, 1.807) is 6.07 Å². The van der Waals surface area contributed by atoms with Crippen molar-refractivity contribution in [1.82, 2.24) is 15.0 Å². The predicted molar refractivity (Wildman–Crippen MR) is 109 cm³/mol. The van der Waals surface area contributed by atoms with Gasteiger partial charge in [0.15, 0.2) is 15.7 Å². The third-order valence-corrected chi connectivity index (χ3v) is 6.97. The molecule has 0 radical (unpaired) electrons. The highest BCUT2D eigenvalue weighted by molar-refractivity contribution is 7.92. The molecule has 4 rings (SSSR count).